The summed E-state index contributed by atoms with van der Waals surface area (Å²) in [5.74, 6) is -0.397. The molecule has 19 heavy (non-hydrogen) atoms. The zero-order valence-corrected chi connectivity index (χ0v) is 12.0. The molecule has 0 aliphatic rings. The molecule has 0 amide bonds. The van der Waals surface area contributed by atoms with Crippen molar-refractivity contribution in [3.05, 3.63) is 35.9 Å². The van der Waals surface area contributed by atoms with Crippen molar-refractivity contribution in [1.29, 1.82) is 0 Å². The Morgan fingerprint density at radius 2 is 1.95 bits per heavy atom. The number of likely N-dealkylation sites (N-methyl/N-ethyl adjacent to an activating group) is 1. The third-order valence-corrected chi connectivity index (χ3v) is 3.28. The monoisotopic (exact) mass is 264 g/mol. The molecule has 0 saturated heterocycles. The molecule has 3 N–H and O–H groups in total. The first-order chi connectivity index (χ1) is 8.86. The fourth-order valence-corrected chi connectivity index (χ4v) is 2.00. The summed E-state index contributed by atoms with van der Waals surface area (Å²) in [6.07, 6.45) is 1.03. The van der Waals surface area contributed by atoms with E-state index in [-0.39, 0.29) is 0 Å². The number of nitrogens with two attached hydrogens (primary N) is 1. The zero-order valence-electron chi connectivity index (χ0n) is 12.0. The predicted molar refractivity (Wildman–Crippen MR) is 76.9 cm³/mol. The predicted octanol–water partition coefficient (Wildman–Crippen LogP) is 1.90. The van der Waals surface area contributed by atoms with E-state index in [2.05, 4.69) is 13.8 Å². The molecule has 0 saturated carbocycles. The van der Waals surface area contributed by atoms with E-state index < -0.39 is 11.5 Å². The van der Waals surface area contributed by atoms with E-state index in [4.69, 9.17) is 5.73 Å². The third-order valence-electron chi connectivity index (χ3n) is 3.28. The molecule has 0 heterocycles. The Kier molecular flexibility index (Phi) is 5.51. The molecule has 0 aliphatic heterocycles. The summed E-state index contributed by atoms with van der Waals surface area (Å²) >= 11 is 0. The second kappa shape index (κ2) is 6.68. The molecular formula is C15H24N2O2. The van der Waals surface area contributed by atoms with Crippen LogP contribution < -0.4 is 5.73 Å². The highest BCUT2D eigenvalue weighted by Crippen LogP contribution is 2.20. The number of carbonyl (C=O) groups is 1. The van der Waals surface area contributed by atoms with Gasteiger partial charge in [-0.05, 0) is 31.5 Å². The number of aliphatic carboxylic acids is 1. The van der Waals surface area contributed by atoms with Gasteiger partial charge in [-0.2, -0.15) is 0 Å². The second-order valence-corrected chi connectivity index (χ2v) is 5.56. The van der Waals surface area contributed by atoms with Crippen molar-refractivity contribution in [2.24, 2.45) is 11.7 Å². The lowest BCUT2D eigenvalue weighted by molar-refractivity contribution is -0.144. The van der Waals surface area contributed by atoms with Gasteiger partial charge >= 0.3 is 5.97 Å². The quantitative estimate of drug-likeness (QED) is 0.789. The fraction of sp³-hybridized carbons (Fsp3) is 0.533. The molecule has 0 aromatic heterocycles. The van der Waals surface area contributed by atoms with Crippen LogP contribution in [0.5, 0.6) is 0 Å². The maximum absolute atomic E-state index is 11.5. The van der Waals surface area contributed by atoms with E-state index in [1.54, 1.807) is 12.1 Å². The maximum atomic E-state index is 11.5. The number of hydrogen-bond acceptors (Lipinski definition) is 3. The molecule has 4 nitrogen and oxygen atoms in total. The Morgan fingerprint density at radius 1 is 1.37 bits per heavy atom. The van der Waals surface area contributed by atoms with Gasteiger partial charge in [0.15, 0.2) is 5.54 Å². The van der Waals surface area contributed by atoms with Gasteiger partial charge in [0, 0.05) is 6.54 Å². The van der Waals surface area contributed by atoms with Crippen LogP contribution >= 0.6 is 0 Å². The SMILES string of the molecule is CC(C)CCN(C)CC(N)(C(=O)O)c1ccccc1. The van der Waals surface area contributed by atoms with Crippen molar-refractivity contribution in [2.75, 3.05) is 20.1 Å². The molecule has 1 aromatic rings. The Morgan fingerprint density at radius 3 is 2.42 bits per heavy atom. The molecule has 106 valence electrons. The normalized spacial score (nSPS) is 14.6. The van der Waals surface area contributed by atoms with Crippen LogP contribution in [-0.4, -0.2) is 36.1 Å². The maximum Gasteiger partial charge on any atom is 0.329 e. The first-order valence-corrected chi connectivity index (χ1v) is 6.62. The molecule has 1 atom stereocenters. The number of hydrogen-bond donors (Lipinski definition) is 2. The van der Waals surface area contributed by atoms with E-state index in [1.165, 1.54) is 0 Å². The molecule has 0 spiro atoms. The van der Waals surface area contributed by atoms with Crippen molar-refractivity contribution in [3.8, 4) is 0 Å². The molecule has 1 aromatic carbocycles. The summed E-state index contributed by atoms with van der Waals surface area (Å²) in [5, 5.41) is 9.46. The lowest BCUT2D eigenvalue weighted by Crippen LogP contribution is -2.52. The first kappa shape index (κ1) is 15.7. The number of carboxylic acids is 1. The minimum atomic E-state index is -1.35. The lowest BCUT2D eigenvalue weighted by atomic mass is 9.90. The van der Waals surface area contributed by atoms with Crippen molar-refractivity contribution in [3.63, 3.8) is 0 Å². The highest BCUT2D eigenvalue weighted by atomic mass is 16.4. The minimum Gasteiger partial charge on any atom is -0.480 e. The van der Waals surface area contributed by atoms with Crippen LogP contribution in [0.2, 0.25) is 0 Å². The van der Waals surface area contributed by atoms with Gasteiger partial charge in [0.05, 0.1) is 0 Å². The topological polar surface area (TPSA) is 66.6 Å². The van der Waals surface area contributed by atoms with Crippen LogP contribution in [0.3, 0.4) is 0 Å². The molecule has 1 unspecified atom stereocenters. The van der Waals surface area contributed by atoms with Gasteiger partial charge in [-0.25, -0.2) is 4.79 Å². The van der Waals surface area contributed by atoms with E-state index in [0.717, 1.165) is 13.0 Å². The Labute approximate surface area is 115 Å². The molecular weight excluding hydrogens is 240 g/mol. The van der Waals surface area contributed by atoms with Gasteiger partial charge in [-0.1, -0.05) is 44.2 Å². The molecule has 0 aliphatic carbocycles. The van der Waals surface area contributed by atoms with Gasteiger partial charge < -0.3 is 15.7 Å². The molecule has 0 bridgehead atoms. The van der Waals surface area contributed by atoms with Gasteiger partial charge in [0.1, 0.15) is 0 Å². The van der Waals surface area contributed by atoms with Crippen molar-refractivity contribution < 1.29 is 9.90 Å². The number of benzene rings is 1. The Balaban J connectivity index is 2.81. The number of carboxylic acid groups (broad SMARTS) is 1. The third kappa shape index (κ3) is 4.33. The Bertz CT molecular complexity index is 406. The lowest BCUT2D eigenvalue weighted by Gasteiger charge is -2.30. The number of nitrogens with zero attached hydrogens (tertiary/aromatic N) is 1. The van der Waals surface area contributed by atoms with Crippen LogP contribution in [0.25, 0.3) is 0 Å². The molecule has 0 fully saturated rings. The molecule has 0 radical (unpaired) electrons. The summed E-state index contributed by atoms with van der Waals surface area (Å²) in [6.45, 7) is 5.45. The summed E-state index contributed by atoms with van der Waals surface area (Å²) in [4.78, 5) is 13.5. The summed E-state index contributed by atoms with van der Waals surface area (Å²) in [5.41, 5.74) is 5.41. The molecule has 1 rings (SSSR count). The van der Waals surface area contributed by atoms with Gasteiger partial charge in [-0.15, -0.1) is 0 Å². The second-order valence-electron chi connectivity index (χ2n) is 5.56. The van der Waals surface area contributed by atoms with E-state index in [1.807, 2.05) is 30.1 Å². The first-order valence-electron chi connectivity index (χ1n) is 6.62. The summed E-state index contributed by atoms with van der Waals surface area (Å²) in [7, 11) is 1.91. The van der Waals surface area contributed by atoms with Gasteiger partial charge in [0.2, 0.25) is 0 Å². The number of rotatable bonds is 7. The van der Waals surface area contributed by atoms with E-state index in [0.29, 0.717) is 18.0 Å². The van der Waals surface area contributed by atoms with Crippen LogP contribution in [0.15, 0.2) is 30.3 Å². The van der Waals surface area contributed by atoms with Gasteiger partial charge in [0.25, 0.3) is 0 Å². The molecule has 4 heteroatoms. The zero-order chi connectivity index (χ0) is 14.5. The Hall–Kier alpha value is -1.39. The van der Waals surface area contributed by atoms with E-state index in [9.17, 15) is 9.90 Å². The highest BCUT2D eigenvalue weighted by Gasteiger charge is 2.36. The van der Waals surface area contributed by atoms with Gasteiger partial charge in [-0.3, -0.25) is 0 Å². The summed E-state index contributed by atoms with van der Waals surface area (Å²) in [6, 6.07) is 9.02. The summed E-state index contributed by atoms with van der Waals surface area (Å²) < 4.78 is 0. The van der Waals surface area contributed by atoms with E-state index >= 15 is 0 Å². The van der Waals surface area contributed by atoms with Crippen LogP contribution in [0.4, 0.5) is 0 Å². The smallest absolute Gasteiger partial charge is 0.329 e. The average molecular weight is 264 g/mol. The minimum absolute atomic E-state index is 0.305. The average Bonchev–Trinajstić information content (AvgIpc) is 2.37. The van der Waals surface area contributed by atoms with Crippen molar-refractivity contribution >= 4 is 5.97 Å². The van der Waals surface area contributed by atoms with Crippen LogP contribution in [0.1, 0.15) is 25.8 Å². The fourth-order valence-electron chi connectivity index (χ4n) is 2.00. The van der Waals surface area contributed by atoms with Crippen LogP contribution in [-0.2, 0) is 10.3 Å². The highest BCUT2D eigenvalue weighted by molar-refractivity contribution is 5.80. The largest absolute Gasteiger partial charge is 0.480 e. The van der Waals surface area contributed by atoms with Crippen molar-refractivity contribution in [2.45, 2.75) is 25.8 Å². The van der Waals surface area contributed by atoms with Crippen molar-refractivity contribution in [1.82, 2.24) is 4.90 Å². The standard InChI is InChI=1S/C15H24N2O2/c1-12(2)9-10-17(3)11-15(16,14(18)19)13-7-5-4-6-8-13/h4-8,12H,9-11,16H2,1-3H3,(H,18,19). The van der Waals surface area contributed by atoms with Crippen LogP contribution in [0, 0.1) is 5.92 Å².